The zero-order chi connectivity index (χ0) is 26.0. The maximum Gasteiger partial charge on any atom is 0.310 e. The normalized spacial score (nSPS) is 12.0. The molecule has 7 nitrogen and oxygen atoms in total. The lowest BCUT2D eigenvalue weighted by Crippen LogP contribution is -2.22. The Hall–Kier alpha value is -1.66. The van der Waals surface area contributed by atoms with Gasteiger partial charge in [0, 0.05) is 17.8 Å². The van der Waals surface area contributed by atoms with Crippen LogP contribution in [0.1, 0.15) is 161 Å². The first kappa shape index (κ1) is 33.3. The number of hydrogen-bond donors (Lipinski definition) is 2. The summed E-state index contributed by atoms with van der Waals surface area (Å²) in [6.07, 6.45) is 27.3. The molecule has 0 aromatic carbocycles. The molecule has 0 aliphatic carbocycles. The molecule has 0 saturated heterocycles. The zero-order valence-corrected chi connectivity index (χ0v) is 22.2. The van der Waals surface area contributed by atoms with Crippen molar-refractivity contribution in [2.75, 3.05) is 0 Å². The van der Waals surface area contributed by atoms with Crippen LogP contribution in [0.25, 0.3) is 0 Å². The molecule has 0 aromatic heterocycles. The van der Waals surface area contributed by atoms with E-state index in [1.165, 1.54) is 109 Å². The van der Waals surface area contributed by atoms with Crippen LogP contribution in [0.4, 0.5) is 0 Å². The number of carboxylic acids is 2. The monoisotopic (exact) mass is 499 g/mol. The Balaban J connectivity index is 3.19. The van der Waals surface area contributed by atoms with E-state index in [0.717, 1.165) is 32.1 Å². The molecule has 0 aromatic rings. The van der Waals surface area contributed by atoms with E-state index in [2.05, 4.69) is 0 Å². The van der Waals surface area contributed by atoms with Crippen LogP contribution in [-0.4, -0.2) is 33.1 Å². The van der Waals surface area contributed by atoms with Crippen LogP contribution in [0.5, 0.6) is 0 Å². The highest BCUT2D eigenvalue weighted by Crippen LogP contribution is 2.16. The van der Waals surface area contributed by atoms with Gasteiger partial charge < -0.3 is 10.2 Å². The highest BCUT2D eigenvalue weighted by molar-refractivity contribution is 5.67. The number of nitro groups is 1. The fourth-order valence-electron chi connectivity index (χ4n) is 4.68. The lowest BCUT2D eigenvalue weighted by Gasteiger charge is -2.07. The summed E-state index contributed by atoms with van der Waals surface area (Å²) >= 11 is 0. The molecule has 0 bridgehead atoms. The van der Waals surface area contributed by atoms with Crippen molar-refractivity contribution in [2.45, 2.75) is 167 Å². The molecule has 0 aliphatic rings. The van der Waals surface area contributed by atoms with Crippen LogP contribution < -0.4 is 0 Å². The van der Waals surface area contributed by atoms with Gasteiger partial charge in [-0.3, -0.25) is 19.7 Å². The number of nitrogens with zero attached hydrogens (tertiary/aromatic N) is 1. The van der Waals surface area contributed by atoms with Crippen molar-refractivity contribution in [1.29, 1.82) is 0 Å². The smallest absolute Gasteiger partial charge is 0.310 e. The van der Waals surface area contributed by atoms with Gasteiger partial charge in [-0.05, 0) is 12.8 Å². The third-order valence-corrected chi connectivity index (χ3v) is 6.89. The largest absolute Gasteiger partial charge is 0.481 e. The zero-order valence-electron chi connectivity index (χ0n) is 22.2. The quantitative estimate of drug-likeness (QED) is 0.0632. The van der Waals surface area contributed by atoms with Crippen molar-refractivity contribution in [2.24, 2.45) is 0 Å². The van der Waals surface area contributed by atoms with Gasteiger partial charge in [-0.25, -0.2) is 0 Å². The van der Waals surface area contributed by atoms with Gasteiger partial charge in [0.05, 0.1) is 0 Å². The Morgan fingerprint density at radius 2 is 0.800 bits per heavy atom. The van der Waals surface area contributed by atoms with Crippen molar-refractivity contribution in [3.05, 3.63) is 10.1 Å². The van der Waals surface area contributed by atoms with Crippen LogP contribution >= 0.6 is 0 Å². The fourth-order valence-corrected chi connectivity index (χ4v) is 4.68. The van der Waals surface area contributed by atoms with Gasteiger partial charge >= 0.3 is 11.9 Å². The highest BCUT2D eigenvalue weighted by atomic mass is 16.6. The minimum Gasteiger partial charge on any atom is -0.481 e. The molecule has 1 unspecified atom stereocenters. The van der Waals surface area contributed by atoms with E-state index in [1.807, 2.05) is 0 Å². The van der Waals surface area contributed by atoms with Gasteiger partial charge in [-0.15, -0.1) is 0 Å². The standard InChI is InChI=1S/C28H53NO6/c30-27(31)24-22-20-18-16-14-12-10-8-6-4-2-1-3-5-7-9-11-13-15-17-19-21-23-26(29(34)35)25-28(32)33/h26H,1-25H2,(H,30,31)(H,32,33). The predicted molar refractivity (Wildman–Crippen MR) is 141 cm³/mol. The number of rotatable bonds is 28. The molecular formula is C28H53NO6. The Bertz CT molecular complexity index is 526. The molecule has 206 valence electrons. The molecule has 7 heteroatoms. The van der Waals surface area contributed by atoms with E-state index in [1.54, 1.807) is 0 Å². The van der Waals surface area contributed by atoms with Crippen molar-refractivity contribution in [1.82, 2.24) is 0 Å². The van der Waals surface area contributed by atoms with Crippen molar-refractivity contribution in [3.63, 3.8) is 0 Å². The molecule has 0 spiro atoms. The second-order valence-corrected chi connectivity index (χ2v) is 10.2. The Morgan fingerprint density at radius 1 is 0.514 bits per heavy atom. The van der Waals surface area contributed by atoms with E-state index in [9.17, 15) is 19.7 Å². The average molecular weight is 500 g/mol. The van der Waals surface area contributed by atoms with Crippen LogP contribution in [-0.2, 0) is 9.59 Å². The number of unbranched alkanes of at least 4 members (excludes halogenated alkanes) is 21. The first-order chi connectivity index (χ1) is 16.9. The van der Waals surface area contributed by atoms with Crippen molar-refractivity contribution >= 4 is 11.9 Å². The van der Waals surface area contributed by atoms with Gasteiger partial charge in [-0.1, -0.05) is 128 Å². The first-order valence-corrected chi connectivity index (χ1v) is 14.5. The molecule has 0 fully saturated rings. The maximum absolute atomic E-state index is 10.8. The summed E-state index contributed by atoms with van der Waals surface area (Å²) in [5.74, 6) is -1.76. The summed E-state index contributed by atoms with van der Waals surface area (Å²) in [4.78, 5) is 31.5. The van der Waals surface area contributed by atoms with Crippen LogP contribution in [0.15, 0.2) is 0 Å². The lowest BCUT2D eigenvalue weighted by molar-refractivity contribution is -0.522. The van der Waals surface area contributed by atoms with Gasteiger partial charge in [0.15, 0.2) is 0 Å². The van der Waals surface area contributed by atoms with E-state index in [4.69, 9.17) is 10.2 Å². The van der Waals surface area contributed by atoms with Gasteiger partial charge in [0.2, 0.25) is 6.04 Å². The third-order valence-electron chi connectivity index (χ3n) is 6.89. The van der Waals surface area contributed by atoms with Crippen molar-refractivity contribution in [3.8, 4) is 0 Å². The molecule has 35 heavy (non-hydrogen) atoms. The SMILES string of the molecule is O=C(O)CCCCCCCCCCCCCCCCCCCCCCCCC(CC(=O)O)[N+](=O)[O-]. The maximum atomic E-state index is 10.8. The molecule has 1 atom stereocenters. The Kier molecular flexibility index (Phi) is 24.2. The Labute approximate surface area is 213 Å². The number of carboxylic acid groups (broad SMARTS) is 2. The number of carbonyl (C=O) groups is 2. The summed E-state index contributed by atoms with van der Waals surface area (Å²) in [6.45, 7) is 0. The predicted octanol–water partition coefficient (Wildman–Crippen LogP) is 8.55. The number of hydrogen-bond acceptors (Lipinski definition) is 4. The van der Waals surface area contributed by atoms with E-state index in [0.29, 0.717) is 12.8 Å². The summed E-state index contributed by atoms with van der Waals surface area (Å²) in [5.41, 5.74) is 0. The molecule has 0 heterocycles. The summed E-state index contributed by atoms with van der Waals surface area (Å²) in [7, 11) is 0. The molecule has 0 aliphatic heterocycles. The summed E-state index contributed by atoms with van der Waals surface area (Å²) in [5, 5.41) is 28.1. The molecule has 0 saturated carbocycles. The van der Waals surface area contributed by atoms with Gasteiger partial charge in [-0.2, -0.15) is 0 Å². The van der Waals surface area contributed by atoms with Crippen LogP contribution in [0, 0.1) is 10.1 Å². The number of aliphatic carboxylic acids is 2. The fraction of sp³-hybridized carbons (Fsp3) is 0.929. The topological polar surface area (TPSA) is 118 Å². The van der Waals surface area contributed by atoms with Crippen LogP contribution in [0.2, 0.25) is 0 Å². The molecule has 0 rings (SSSR count). The molecule has 0 radical (unpaired) electrons. The highest BCUT2D eigenvalue weighted by Gasteiger charge is 2.22. The van der Waals surface area contributed by atoms with Gasteiger partial charge in [0.1, 0.15) is 6.42 Å². The van der Waals surface area contributed by atoms with E-state index in [-0.39, 0.29) is 6.42 Å². The molecule has 2 N–H and O–H groups in total. The van der Waals surface area contributed by atoms with E-state index >= 15 is 0 Å². The second-order valence-electron chi connectivity index (χ2n) is 10.2. The summed E-state index contributed by atoms with van der Waals surface area (Å²) < 4.78 is 0. The average Bonchev–Trinajstić information content (AvgIpc) is 2.80. The minimum atomic E-state index is -1.09. The molecular weight excluding hydrogens is 446 g/mol. The minimum absolute atomic E-state index is 0.319. The van der Waals surface area contributed by atoms with Gasteiger partial charge in [0.25, 0.3) is 0 Å². The summed E-state index contributed by atoms with van der Waals surface area (Å²) in [6, 6.07) is -0.933. The lowest BCUT2D eigenvalue weighted by atomic mass is 10.0. The third kappa shape index (κ3) is 26.8. The second kappa shape index (κ2) is 25.4. The first-order valence-electron chi connectivity index (χ1n) is 14.5. The Morgan fingerprint density at radius 3 is 1.06 bits per heavy atom. The van der Waals surface area contributed by atoms with Crippen LogP contribution in [0.3, 0.4) is 0 Å². The van der Waals surface area contributed by atoms with E-state index < -0.39 is 22.9 Å². The van der Waals surface area contributed by atoms with Crippen molar-refractivity contribution < 1.29 is 24.7 Å². The molecule has 0 amide bonds.